The van der Waals surface area contributed by atoms with Gasteiger partial charge in [-0.1, -0.05) is 26.8 Å². The molecule has 0 aliphatic carbocycles. The number of hydrogen-bond donors (Lipinski definition) is 0. The summed E-state index contributed by atoms with van der Waals surface area (Å²) in [4.78, 5) is 18.0. The quantitative estimate of drug-likeness (QED) is 0.518. The third kappa shape index (κ3) is 5.05. The predicted octanol–water partition coefficient (Wildman–Crippen LogP) is 5.98. The van der Waals surface area contributed by atoms with E-state index in [1.54, 1.807) is 0 Å². The molecule has 3 aliphatic rings. The van der Waals surface area contributed by atoms with E-state index in [9.17, 15) is 4.79 Å². The molecule has 0 radical (unpaired) electrons. The van der Waals surface area contributed by atoms with Crippen LogP contribution in [0.3, 0.4) is 0 Å². The summed E-state index contributed by atoms with van der Waals surface area (Å²) in [5.74, 6) is 3.52. The summed E-state index contributed by atoms with van der Waals surface area (Å²) in [6.45, 7) is 15.1. The largest absolute Gasteiger partial charge is 0.340 e. The zero-order valence-corrected chi connectivity index (χ0v) is 21.6. The summed E-state index contributed by atoms with van der Waals surface area (Å²) >= 11 is 2.10. The standard InChI is InChI=1S/C26H35N3OS.C2H6/c1-3-11-29-24-5-4-20(26(30)27-12-6-19(2)7-13-27)17-22(24)23-18-28(14-8-25(23)29)21-9-15-31-16-10-21;1-2/h3-5,17,19,21H,1,6-16,18H2,2H3;1-2H3. The highest BCUT2D eigenvalue weighted by Gasteiger charge is 2.29. The van der Waals surface area contributed by atoms with Crippen LogP contribution >= 0.6 is 11.8 Å². The van der Waals surface area contributed by atoms with Crippen molar-refractivity contribution in [3.8, 4) is 0 Å². The maximum absolute atomic E-state index is 13.3. The predicted molar refractivity (Wildman–Crippen MR) is 142 cm³/mol. The highest BCUT2D eigenvalue weighted by molar-refractivity contribution is 7.99. The number of amides is 1. The lowest BCUT2D eigenvalue weighted by Gasteiger charge is -2.37. The molecule has 0 bridgehead atoms. The normalized spacial score (nSPS) is 20.3. The lowest BCUT2D eigenvalue weighted by Crippen LogP contribution is -2.41. The molecule has 4 nitrogen and oxygen atoms in total. The second kappa shape index (κ2) is 11.1. The first-order valence-electron chi connectivity index (χ1n) is 13.0. The summed E-state index contributed by atoms with van der Waals surface area (Å²) in [6, 6.07) is 7.13. The summed E-state index contributed by atoms with van der Waals surface area (Å²) in [6.07, 6.45) is 7.94. The Balaban J connectivity index is 0.00000126. The van der Waals surface area contributed by atoms with Gasteiger partial charge in [0.05, 0.1) is 0 Å². The Bertz CT molecular complexity index is 967. The van der Waals surface area contributed by atoms with Gasteiger partial charge in [0, 0.05) is 67.3 Å². The Morgan fingerprint density at radius 3 is 2.55 bits per heavy atom. The van der Waals surface area contributed by atoms with Gasteiger partial charge in [0.15, 0.2) is 0 Å². The van der Waals surface area contributed by atoms with Crippen molar-refractivity contribution in [3.05, 3.63) is 47.7 Å². The number of benzene rings is 1. The van der Waals surface area contributed by atoms with E-state index in [0.29, 0.717) is 6.04 Å². The smallest absolute Gasteiger partial charge is 0.253 e. The molecule has 5 heteroatoms. The molecule has 0 spiro atoms. The van der Waals surface area contributed by atoms with Gasteiger partial charge in [-0.2, -0.15) is 11.8 Å². The van der Waals surface area contributed by atoms with Gasteiger partial charge in [-0.3, -0.25) is 9.69 Å². The third-order valence-corrected chi connectivity index (χ3v) is 8.67. The number of rotatable bonds is 4. The number of nitrogens with zero attached hydrogens (tertiary/aromatic N) is 3. The first-order chi connectivity index (χ1) is 16.2. The maximum Gasteiger partial charge on any atom is 0.253 e. The van der Waals surface area contributed by atoms with Crippen LogP contribution in [0.25, 0.3) is 10.9 Å². The van der Waals surface area contributed by atoms with E-state index in [0.717, 1.165) is 63.5 Å². The minimum atomic E-state index is 0.205. The van der Waals surface area contributed by atoms with Crippen LogP contribution in [0.2, 0.25) is 0 Å². The summed E-state index contributed by atoms with van der Waals surface area (Å²) in [7, 11) is 0. The molecule has 5 rings (SSSR count). The molecule has 180 valence electrons. The molecule has 0 saturated carbocycles. The van der Waals surface area contributed by atoms with Crippen LogP contribution in [0.15, 0.2) is 30.9 Å². The van der Waals surface area contributed by atoms with E-state index in [1.165, 1.54) is 46.5 Å². The summed E-state index contributed by atoms with van der Waals surface area (Å²) < 4.78 is 2.43. The molecule has 1 amide bonds. The van der Waals surface area contributed by atoms with Crippen LogP contribution in [0, 0.1) is 5.92 Å². The van der Waals surface area contributed by atoms with E-state index in [4.69, 9.17) is 0 Å². The number of hydrogen-bond acceptors (Lipinski definition) is 3. The van der Waals surface area contributed by atoms with Crippen molar-refractivity contribution in [2.45, 2.75) is 72.0 Å². The first-order valence-corrected chi connectivity index (χ1v) is 14.2. The summed E-state index contributed by atoms with van der Waals surface area (Å²) in [5.41, 5.74) is 5.01. The number of aromatic nitrogens is 1. The van der Waals surface area contributed by atoms with E-state index in [1.807, 2.05) is 26.0 Å². The second-order valence-electron chi connectivity index (χ2n) is 9.60. The molecule has 2 aromatic rings. The number of piperidine rings is 1. The van der Waals surface area contributed by atoms with Crippen LogP contribution < -0.4 is 0 Å². The fraction of sp³-hybridized carbons (Fsp3) is 0.607. The average Bonchev–Trinajstić information content (AvgIpc) is 3.18. The molecular formula is C28H41N3OS. The number of likely N-dealkylation sites (tertiary alicyclic amines) is 1. The lowest BCUT2D eigenvalue weighted by atomic mass is 9.97. The van der Waals surface area contributed by atoms with Crippen molar-refractivity contribution >= 4 is 28.6 Å². The van der Waals surface area contributed by atoms with Gasteiger partial charge in [0.2, 0.25) is 0 Å². The molecule has 0 atom stereocenters. The Hall–Kier alpha value is -1.72. The van der Waals surface area contributed by atoms with Crippen molar-refractivity contribution in [2.24, 2.45) is 5.92 Å². The van der Waals surface area contributed by atoms with Gasteiger partial charge in [-0.25, -0.2) is 0 Å². The average molecular weight is 468 g/mol. The van der Waals surface area contributed by atoms with Crippen molar-refractivity contribution in [1.82, 2.24) is 14.4 Å². The van der Waals surface area contributed by atoms with Gasteiger partial charge >= 0.3 is 0 Å². The number of thioether (sulfide) groups is 1. The summed E-state index contributed by atoms with van der Waals surface area (Å²) in [5, 5.41) is 1.28. The zero-order chi connectivity index (χ0) is 23.4. The fourth-order valence-corrected chi connectivity index (χ4v) is 6.78. The topological polar surface area (TPSA) is 28.5 Å². The van der Waals surface area contributed by atoms with Crippen LogP contribution in [0.4, 0.5) is 0 Å². The van der Waals surface area contributed by atoms with Crippen molar-refractivity contribution in [2.75, 3.05) is 31.1 Å². The van der Waals surface area contributed by atoms with Crippen LogP contribution in [0.5, 0.6) is 0 Å². The Labute approximate surface area is 204 Å². The monoisotopic (exact) mass is 467 g/mol. The minimum absolute atomic E-state index is 0.205. The van der Waals surface area contributed by atoms with E-state index >= 15 is 0 Å². The highest BCUT2D eigenvalue weighted by Crippen LogP contribution is 2.34. The molecule has 33 heavy (non-hydrogen) atoms. The maximum atomic E-state index is 13.3. The first kappa shape index (κ1) is 24.4. The molecular weight excluding hydrogens is 426 g/mol. The zero-order valence-electron chi connectivity index (χ0n) is 20.8. The van der Waals surface area contributed by atoms with Crippen LogP contribution in [0.1, 0.15) is 68.1 Å². The highest BCUT2D eigenvalue weighted by atomic mass is 32.2. The van der Waals surface area contributed by atoms with Crippen LogP contribution in [-0.4, -0.2) is 57.5 Å². The molecule has 2 fully saturated rings. The van der Waals surface area contributed by atoms with E-state index in [-0.39, 0.29) is 5.91 Å². The second-order valence-corrected chi connectivity index (χ2v) is 10.8. The number of carbonyl (C=O) groups excluding carboxylic acids is 1. The molecule has 0 N–H and O–H groups in total. The molecule has 0 unspecified atom stereocenters. The van der Waals surface area contributed by atoms with Gasteiger partial charge < -0.3 is 9.47 Å². The molecule has 4 heterocycles. The van der Waals surface area contributed by atoms with Gasteiger partial charge in [0.1, 0.15) is 0 Å². The van der Waals surface area contributed by atoms with Gasteiger partial charge in [0.25, 0.3) is 5.91 Å². The lowest BCUT2D eigenvalue weighted by molar-refractivity contribution is 0.0697. The molecule has 1 aromatic heterocycles. The van der Waals surface area contributed by atoms with Crippen molar-refractivity contribution < 1.29 is 4.79 Å². The fourth-order valence-electron chi connectivity index (χ4n) is 5.70. The minimum Gasteiger partial charge on any atom is -0.340 e. The molecule has 3 aliphatic heterocycles. The van der Waals surface area contributed by atoms with E-state index < -0.39 is 0 Å². The molecule has 2 saturated heterocycles. The van der Waals surface area contributed by atoms with Gasteiger partial charge in [-0.15, -0.1) is 6.58 Å². The number of carbonyl (C=O) groups is 1. The Morgan fingerprint density at radius 1 is 1.12 bits per heavy atom. The number of fused-ring (bicyclic) bond motifs is 3. The van der Waals surface area contributed by atoms with Crippen molar-refractivity contribution in [1.29, 1.82) is 0 Å². The van der Waals surface area contributed by atoms with E-state index in [2.05, 4.69) is 51.8 Å². The van der Waals surface area contributed by atoms with Crippen LogP contribution in [-0.2, 0) is 19.5 Å². The molecule has 1 aromatic carbocycles. The Kier molecular flexibility index (Phi) is 8.24. The van der Waals surface area contributed by atoms with Gasteiger partial charge in [-0.05, 0) is 66.9 Å². The Morgan fingerprint density at radius 2 is 1.85 bits per heavy atom. The number of allylic oxidation sites excluding steroid dienone is 1. The third-order valence-electron chi connectivity index (χ3n) is 7.62. The van der Waals surface area contributed by atoms with Crippen molar-refractivity contribution in [3.63, 3.8) is 0 Å². The SMILES string of the molecule is C=CCn1c2c(c3cc(C(=O)N4CCC(C)CC4)ccc31)CN(C1CCSCC1)CC2.CC.